The summed E-state index contributed by atoms with van der Waals surface area (Å²) in [5.74, 6) is -0.720. The summed E-state index contributed by atoms with van der Waals surface area (Å²) in [7, 11) is 0. The molecular formula is C34H38O4. The van der Waals surface area contributed by atoms with Gasteiger partial charge < -0.3 is 9.47 Å². The molecule has 3 aromatic carbocycles. The molecule has 0 aromatic heterocycles. The molecule has 0 atom stereocenters. The molecule has 0 saturated carbocycles. The van der Waals surface area contributed by atoms with E-state index >= 15 is 0 Å². The highest BCUT2D eigenvalue weighted by Crippen LogP contribution is 2.18. The van der Waals surface area contributed by atoms with Crippen molar-refractivity contribution in [3.05, 3.63) is 130 Å². The van der Waals surface area contributed by atoms with Crippen molar-refractivity contribution in [1.29, 1.82) is 0 Å². The van der Waals surface area contributed by atoms with Crippen molar-refractivity contribution in [1.82, 2.24) is 0 Å². The normalized spacial score (nSPS) is 10.6. The number of carbonyl (C=O) groups excluding carboxylic acids is 2. The predicted octanol–water partition coefficient (Wildman–Crippen LogP) is 7.06. The second-order valence-corrected chi connectivity index (χ2v) is 9.80. The Hall–Kier alpha value is -3.92. The van der Waals surface area contributed by atoms with Crippen LogP contribution < -0.4 is 0 Å². The fourth-order valence-electron chi connectivity index (χ4n) is 4.12. The smallest absolute Gasteiger partial charge is 0.333 e. The zero-order chi connectivity index (χ0) is 27.5. The highest BCUT2D eigenvalue weighted by Gasteiger charge is 2.07. The Morgan fingerprint density at radius 2 is 0.974 bits per heavy atom. The van der Waals surface area contributed by atoms with E-state index in [-0.39, 0.29) is 25.2 Å². The Balaban J connectivity index is 1.50. The molecule has 0 spiro atoms. The van der Waals surface area contributed by atoms with Gasteiger partial charge in [-0.1, -0.05) is 86.8 Å². The van der Waals surface area contributed by atoms with Crippen molar-refractivity contribution in [3.63, 3.8) is 0 Å². The lowest BCUT2D eigenvalue weighted by Gasteiger charge is -2.12. The molecule has 0 heterocycles. The van der Waals surface area contributed by atoms with Crippen molar-refractivity contribution in [3.8, 4) is 0 Å². The molecule has 0 unspecified atom stereocenters. The number of ether oxygens (including phenoxy) is 2. The average molecular weight is 511 g/mol. The minimum absolute atomic E-state index is 0.266. The number of benzene rings is 3. The maximum absolute atomic E-state index is 11.6. The number of hydrogen-bond donors (Lipinski definition) is 0. The van der Waals surface area contributed by atoms with E-state index in [0.29, 0.717) is 11.1 Å². The molecule has 198 valence electrons. The summed E-state index contributed by atoms with van der Waals surface area (Å²) in [5, 5.41) is 0. The number of carbonyl (C=O) groups is 2. The summed E-state index contributed by atoms with van der Waals surface area (Å²) in [6, 6.07) is 23.4. The Labute approximate surface area is 227 Å². The maximum Gasteiger partial charge on any atom is 0.333 e. The van der Waals surface area contributed by atoms with Crippen LogP contribution in [0.2, 0.25) is 0 Å². The maximum atomic E-state index is 11.6. The van der Waals surface area contributed by atoms with Crippen molar-refractivity contribution < 1.29 is 19.1 Å². The van der Waals surface area contributed by atoms with Crippen LogP contribution in [0.3, 0.4) is 0 Å². The summed E-state index contributed by atoms with van der Waals surface area (Å²) in [5.41, 5.74) is 9.44. The first-order chi connectivity index (χ1) is 18.2. The van der Waals surface area contributed by atoms with Gasteiger partial charge in [0.05, 0.1) is 0 Å². The number of hydrogen-bond acceptors (Lipinski definition) is 4. The third kappa shape index (κ3) is 8.88. The number of aryl methyl sites for hydroxylation is 5. The Morgan fingerprint density at radius 1 is 0.579 bits per heavy atom. The molecule has 0 amide bonds. The molecule has 0 saturated heterocycles. The van der Waals surface area contributed by atoms with Gasteiger partial charge in [-0.3, -0.25) is 0 Å². The standard InChI is InChI=1S/C34H38O4/c1-6-31-21-28(12-7-26-8-13-29(14-9-26)22-37-33(35)24(2)3)18-20-32(31)19-17-27-10-15-30(16-11-27)23-38-34(36)25(4)5/h8-11,13-16,18,20-21H,2,4,6-7,12,17,19,22-23H2,1,3,5H3. The first kappa shape index (κ1) is 28.6. The van der Waals surface area contributed by atoms with Gasteiger partial charge in [-0.2, -0.15) is 0 Å². The molecule has 4 nitrogen and oxygen atoms in total. The van der Waals surface area contributed by atoms with Gasteiger partial charge in [0.1, 0.15) is 13.2 Å². The molecule has 0 radical (unpaired) electrons. The highest BCUT2D eigenvalue weighted by molar-refractivity contribution is 5.87. The minimum atomic E-state index is -0.360. The molecule has 4 heteroatoms. The lowest BCUT2D eigenvalue weighted by molar-refractivity contribution is -0.141. The second-order valence-electron chi connectivity index (χ2n) is 9.80. The van der Waals surface area contributed by atoms with Crippen LogP contribution in [0.4, 0.5) is 0 Å². The zero-order valence-corrected chi connectivity index (χ0v) is 22.8. The molecule has 0 N–H and O–H groups in total. The molecular weight excluding hydrogens is 472 g/mol. The van der Waals surface area contributed by atoms with E-state index in [9.17, 15) is 9.59 Å². The van der Waals surface area contributed by atoms with Crippen LogP contribution in [0.15, 0.2) is 91.0 Å². The van der Waals surface area contributed by atoms with Crippen LogP contribution in [0.5, 0.6) is 0 Å². The van der Waals surface area contributed by atoms with E-state index in [4.69, 9.17) is 9.47 Å². The lowest BCUT2D eigenvalue weighted by atomic mass is 9.94. The summed E-state index contributed by atoms with van der Waals surface area (Å²) in [6.45, 7) is 13.3. The largest absolute Gasteiger partial charge is 0.457 e. The quantitative estimate of drug-likeness (QED) is 0.182. The molecule has 0 fully saturated rings. The van der Waals surface area contributed by atoms with Crippen LogP contribution in [0.25, 0.3) is 0 Å². The molecule has 3 rings (SSSR count). The van der Waals surface area contributed by atoms with Crippen molar-refractivity contribution in [2.75, 3.05) is 0 Å². The van der Waals surface area contributed by atoms with E-state index in [2.05, 4.69) is 62.5 Å². The fraction of sp³-hybridized carbons (Fsp3) is 0.294. The topological polar surface area (TPSA) is 52.6 Å². The average Bonchev–Trinajstić information content (AvgIpc) is 2.93. The van der Waals surface area contributed by atoms with Crippen LogP contribution in [-0.2, 0) is 64.4 Å². The van der Waals surface area contributed by atoms with E-state index < -0.39 is 0 Å². The molecule has 3 aromatic rings. The summed E-state index contributed by atoms with van der Waals surface area (Å²) in [6.07, 6.45) is 4.90. The van der Waals surface area contributed by atoms with Crippen LogP contribution >= 0.6 is 0 Å². The van der Waals surface area contributed by atoms with E-state index in [1.54, 1.807) is 13.8 Å². The van der Waals surface area contributed by atoms with Crippen LogP contribution in [0.1, 0.15) is 59.7 Å². The van der Waals surface area contributed by atoms with Gasteiger partial charge in [-0.05, 0) is 84.9 Å². The fourth-order valence-corrected chi connectivity index (χ4v) is 4.12. The van der Waals surface area contributed by atoms with Gasteiger partial charge >= 0.3 is 11.9 Å². The van der Waals surface area contributed by atoms with Gasteiger partial charge in [0, 0.05) is 11.1 Å². The van der Waals surface area contributed by atoms with E-state index in [0.717, 1.165) is 43.2 Å². The third-order valence-electron chi connectivity index (χ3n) is 6.52. The Bertz CT molecular complexity index is 1270. The lowest BCUT2D eigenvalue weighted by Crippen LogP contribution is -2.05. The van der Waals surface area contributed by atoms with Gasteiger partial charge in [-0.15, -0.1) is 0 Å². The Morgan fingerprint density at radius 3 is 1.42 bits per heavy atom. The number of esters is 2. The highest BCUT2D eigenvalue weighted by atomic mass is 16.5. The van der Waals surface area contributed by atoms with Gasteiger partial charge in [-0.25, -0.2) is 9.59 Å². The Kier molecular flexibility index (Phi) is 10.7. The monoisotopic (exact) mass is 510 g/mol. The molecule has 0 aliphatic carbocycles. The SMILES string of the molecule is C=C(C)C(=O)OCc1ccc(CCc2ccc(CCc3ccc(COC(=O)C(=C)C)cc3)c(CC)c2)cc1. The van der Waals surface area contributed by atoms with Crippen molar-refractivity contribution in [2.24, 2.45) is 0 Å². The van der Waals surface area contributed by atoms with Gasteiger partial charge in [0.2, 0.25) is 0 Å². The summed E-state index contributed by atoms with van der Waals surface area (Å²) in [4.78, 5) is 23.1. The summed E-state index contributed by atoms with van der Waals surface area (Å²) >= 11 is 0. The van der Waals surface area contributed by atoms with Crippen molar-refractivity contribution >= 4 is 11.9 Å². The first-order valence-corrected chi connectivity index (χ1v) is 13.2. The van der Waals surface area contributed by atoms with Crippen LogP contribution in [-0.4, -0.2) is 11.9 Å². The molecule has 0 bridgehead atoms. The summed E-state index contributed by atoms with van der Waals surface area (Å²) < 4.78 is 10.4. The van der Waals surface area contributed by atoms with Crippen molar-refractivity contribution in [2.45, 2.75) is 66.1 Å². The molecule has 0 aliphatic rings. The third-order valence-corrected chi connectivity index (χ3v) is 6.52. The first-order valence-electron chi connectivity index (χ1n) is 13.2. The minimum Gasteiger partial charge on any atom is -0.457 e. The zero-order valence-electron chi connectivity index (χ0n) is 22.8. The molecule has 38 heavy (non-hydrogen) atoms. The molecule has 0 aliphatic heterocycles. The van der Waals surface area contributed by atoms with Gasteiger partial charge in [0.15, 0.2) is 0 Å². The second kappa shape index (κ2) is 14.1. The number of rotatable bonds is 13. The van der Waals surface area contributed by atoms with Crippen LogP contribution in [0, 0.1) is 0 Å². The van der Waals surface area contributed by atoms with Gasteiger partial charge in [0.25, 0.3) is 0 Å². The van der Waals surface area contributed by atoms with E-state index in [1.165, 1.54) is 27.8 Å². The predicted molar refractivity (Wildman–Crippen MR) is 153 cm³/mol. The van der Waals surface area contributed by atoms with E-state index in [1.807, 2.05) is 24.3 Å².